The summed E-state index contributed by atoms with van der Waals surface area (Å²) >= 11 is 0. The normalized spacial score (nSPS) is 13.9. The zero-order chi connectivity index (χ0) is 14.9. The highest BCUT2D eigenvalue weighted by Crippen LogP contribution is 2.23. The summed E-state index contributed by atoms with van der Waals surface area (Å²) in [6.07, 6.45) is 7.45. The van der Waals surface area contributed by atoms with E-state index < -0.39 is 0 Å². The zero-order valence-corrected chi connectivity index (χ0v) is 11.9. The van der Waals surface area contributed by atoms with E-state index in [4.69, 9.17) is 0 Å². The van der Waals surface area contributed by atoms with Gasteiger partial charge in [0.15, 0.2) is 5.82 Å². The van der Waals surface area contributed by atoms with Crippen molar-refractivity contribution in [2.75, 3.05) is 13.1 Å². The van der Waals surface area contributed by atoms with Gasteiger partial charge in [0.05, 0.1) is 0 Å². The predicted molar refractivity (Wildman–Crippen MR) is 84.4 cm³/mol. The Hall–Kier alpha value is -2.95. The quantitative estimate of drug-likeness (QED) is 0.738. The second-order valence-corrected chi connectivity index (χ2v) is 5.24. The molecule has 0 radical (unpaired) electrons. The van der Waals surface area contributed by atoms with Gasteiger partial charge in [0.2, 0.25) is 0 Å². The molecule has 4 rings (SSSR count). The van der Waals surface area contributed by atoms with E-state index in [1.807, 2.05) is 36.4 Å². The van der Waals surface area contributed by atoms with E-state index in [1.54, 1.807) is 23.4 Å². The lowest BCUT2D eigenvalue weighted by molar-refractivity contribution is 0.0795. The first-order chi connectivity index (χ1) is 10.8. The molecule has 0 fully saturated rings. The predicted octanol–water partition coefficient (Wildman–Crippen LogP) is 2.64. The number of rotatable bonds is 2. The zero-order valence-electron chi connectivity index (χ0n) is 11.9. The van der Waals surface area contributed by atoms with E-state index >= 15 is 0 Å². The van der Waals surface area contributed by atoms with Crippen molar-refractivity contribution in [1.29, 1.82) is 0 Å². The van der Waals surface area contributed by atoms with Crippen molar-refractivity contribution in [2.24, 2.45) is 0 Å². The van der Waals surface area contributed by atoms with E-state index in [0.29, 0.717) is 24.6 Å². The molecule has 1 aliphatic heterocycles. The van der Waals surface area contributed by atoms with Gasteiger partial charge in [-0.2, -0.15) is 0 Å². The molecule has 3 heterocycles. The molecule has 0 saturated carbocycles. The van der Waals surface area contributed by atoms with Gasteiger partial charge in [0.25, 0.3) is 5.91 Å². The van der Waals surface area contributed by atoms with Crippen molar-refractivity contribution in [1.82, 2.24) is 19.9 Å². The summed E-state index contributed by atoms with van der Waals surface area (Å²) in [5.41, 5.74) is 2.46. The van der Waals surface area contributed by atoms with E-state index in [9.17, 15) is 4.79 Å². The van der Waals surface area contributed by atoms with Crippen LogP contribution in [0.1, 0.15) is 10.5 Å². The Balaban J connectivity index is 1.70. The van der Waals surface area contributed by atoms with Crippen molar-refractivity contribution in [3.63, 3.8) is 0 Å². The van der Waals surface area contributed by atoms with Crippen molar-refractivity contribution < 1.29 is 4.79 Å². The van der Waals surface area contributed by atoms with Gasteiger partial charge in [-0.3, -0.25) is 4.79 Å². The third kappa shape index (κ3) is 2.16. The third-order valence-corrected chi connectivity index (χ3v) is 3.78. The Kier molecular flexibility index (Phi) is 2.96. The molecule has 0 atom stereocenters. The molecule has 3 aromatic rings. The molecule has 0 aliphatic carbocycles. The summed E-state index contributed by atoms with van der Waals surface area (Å²) in [5.74, 6) is 0.703. The lowest BCUT2D eigenvalue weighted by atomic mass is 10.1. The standard InChI is InChI=1S/C17H14N4O/c22-17(21-8-1-2-9-21)15-10-12-4-5-13(11-14(12)20-15)16-18-6-3-7-19-16/h1-7,10-11,20H,8-9H2. The molecule has 22 heavy (non-hydrogen) atoms. The third-order valence-electron chi connectivity index (χ3n) is 3.78. The van der Waals surface area contributed by atoms with Crippen LogP contribution in [0.3, 0.4) is 0 Å². The van der Waals surface area contributed by atoms with Crippen molar-refractivity contribution in [3.8, 4) is 11.4 Å². The van der Waals surface area contributed by atoms with E-state index in [0.717, 1.165) is 16.5 Å². The van der Waals surface area contributed by atoms with Crippen molar-refractivity contribution >= 4 is 16.8 Å². The van der Waals surface area contributed by atoms with Crippen molar-refractivity contribution in [3.05, 3.63) is 60.6 Å². The Bertz CT molecular complexity index is 859. The van der Waals surface area contributed by atoms with E-state index in [-0.39, 0.29) is 5.91 Å². The van der Waals surface area contributed by atoms with Crippen LogP contribution in [0.5, 0.6) is 0 Å². The van der Waals surface area contributed by atoms with Gasteiger partial charge >= 0.3 is 0 Å². The van der Waals surface area contributed by atoms with E-state index in [2.05, 4.69) is 15.0 Å². The fraction of sp³-hybridized carbons (Fsp3) is 0.118. The van der Waals surface area contributed by atoms with Gasteiger partial charge in [0, 0.05) is 41.9 Å². The molecule has 1 amide bonds. The van der Waals surface area contributed by atoms with Gasteiger partial charge in [-0.15, -0.1) is 0 Å². The molecule has 2 aromatic heterocycles. The second kappa shape index (κ2) is 5.11. The number of benzene rings is 1. The first-order valence-electron chi connectivity index (χ1n) is 7.16. The molecule has 108 valence electrons. The summed E-state index contributed by atoms with van der Waals surface area (Å²) in [6, 6.07) is 9.61. The Labute approximate surface area is 127 Å². The molecular formula is C17H14N4O. The molecular weight excluding hydrogens is 276 g/mol. The maximum Gasteiger partial charge on any atom is 0.270 e. The fourth-order valence-corrected chi connectivity index (χ4v) is 2.64. The first-order valence-corrected chi connectivity index (χ1v) is 7.16. The summed E-state index contributed by atoms with van der Waals surface area (Å²) in [5, 5.41) is 1.01. The topological polar surface area (TPSA) is 61.9 Å². The van der Waals surface area contributed by atoms with Crippen LogP contribution in [0.4, 0.5) is 0 Å². The van der Waals surface area contributed by atoms with Crippen LogP contribution in [-0.2, 0) is 0 Å². The highest BCUT2D eigenvalue weighted by molar-refractivity contribution is 5.99. The molecule has 5 heteroatoms. The Morgan fingerprint density at radius 3 is 2.64 bits per heavy atom. The largest absolute Gasteiger partial charge is 0.351 e. The number of aromatic amines is 1. The number of nitrogens with zero attached hydrogens (tertiary/aromatic N) is 3. The smallest absolute Gasteiger partial charge is 0.270 e. The second-order valence-electron chi connectivity index (χ2n) is 5.24. The maximum atomic E-state index is 12.4. The van der Waals surface area contributed by atoms with Gasteiger partial charge in [0.1, 0.15) is 5.69 Å². The fourth-order valence-electron chi connectivity index (χ4n) is 2.64. The average molecular weight is 290 g/mol. The summed E-state index contributed by atoms with van der Waals surface area (Å²) < 4.78 is 0. The minimum atomic E-state index is 0.0266. The maximum absolute atomic E-state index is 12.4. The number of hydrogen-bond donors (Lipinski definition) is 1. The molecule has 1 aliphatic rings. The number of H-pyrrole nitrogens is 1. The number of fused-ring (bicyclic) bond motifs is 1. The highest BCUT2D eigenvalue weighted by Gasteiger charge is 2.18. The summed E-state index contributed by atoms with van der Waals surface area (Å²) in [6.45, 7) is 1.36. The molecule has 0 bridgehead atoms. The van der Waals surface area contributed by atoms with Crippen molar-refractivity contribution in [2.45, 2.75) is 0 Å². The van der Waals surface area contributed by atoms with Gasteiger partial charge in [-0.25, -0.2) is 9.97 Å². The molecule has 0 saturated heterocycles. The van der Waals surface area contributed by atoms with Crippen LogP contribution in [0.2, 0.25) is 0 Å². The van der Waals surface area contributed by atoms with Crippen LogP contribution in [0, 0.1) is 0 Å². The summed E-state index contributed by atoms with van der Waals surface area (Å²) in [7, 11) is 0. The van der Waals surface area contributed by atoms with Crippen LogP contribution in [0.25, 0.3) is 22.3 Å². The number of amides is 1. The molecule has 0 unspecified atom stereocenters. The van der Waals surface area contributed by atoms with Crippen LogP contribution in [-0.4, -0.2) is 38.8 Å². The number of hydrogen-bond acceptors (Lipinski definition) is 3. The van der Waals surface area contributed by atoms with Crippen LogP contribution >= 0.6 is 0 Å². The average Bonchev–Trinajstić information content (AvgIpc) is 3.23. The van der Waals surface area contributed by atoms with Crippen LogP contribution in [0.15, 0.2) is 54.9 Å². The highest BCUT2D eigenvalue weighted by atomic mass is 16.2. The first kappa shape index (κ1) is 12.8. The van der Waals surface area contributed by atoms with Gasteiger partial charge in [-0.05, 0) is 18.2 Å². The number of carbonyl (C=O) groups excluding carboxylic acids is 1. The molecule has 1 N–H and O–H groups in total. The summed E-state index contributed by atoms with van der Waals surface area (Å²) in [4.78, 5) is 25.9. The lowest BCUT2D eigenvalue weighted by Crippen LogP contribution is -2.28. The van der Waals surface area contributed by atoms with Crippen LogP contribution < -0.4 is 0 Å². The SMILES string of the molecule is O=C(c1cc2ccc(-c3ncccn3)cc2[nH]1)N1CC=CC1. The molecule has 1 aromatic carbocycles. The van der Waals surface area contributed by atoms with E-state index in [1.165, 1.54) is 0 Å². The number of carbonyl (C=O) groups is 1. The number of aromatic nitrogens is 3. The lowest BCUT2D eigenvalue weighted by Gasteiger charge is -2.13. The molecule has 5 nitrogen and oxygen atoms in total. The number of nitrogens with one attached hydrogen (secondary N) is 1. The minimum absolute atomic E-state index is 0.0266. The Morgan fingerprint density at radius 1 is 1.09 bits per heavy atom. The minimum Gasteiger partial charge on any atom is -0.351 e. The van der Waals surface area contributed by atoms with Gasteiger partial charge < -0.3 is 9.88 Å². The Morgan fingerprint density at radius 2 is 1.86 bits per heavy atom. The monoisotopic (exact) mass is 290 g/mol. The molecule has 0 spiro atoms. The van der Waals surface area contributed by atoms with Gasteiger partial charge in [-0.1, -0.05) is 24.3 Å².